The highest BCUT2D eigenvalue weighted by molar-refractivity contribution is 5.81. The first-order valence-corrected chi connectivity index (χ1v) is 6.87. The highest BCUT2D eigenvalue weighted by Gasteiger charge is 2.26. The fraction of sp³-hybridized carbons (Fsp3) is 0.846. The Hall–Kier alpha value is -1.10. The Morgan fingerprint density at radius 2 is 2.17 bits per heavy atom. The molecular weight excluding hydrogens is 230 g/mol. The van der Waals surface area contributed by atoms with Gasteiger partial charge in [0.2, 0.25) is 11.8 Å². The highest BCUT2D eigenvalue weighted by Crippen LogP contribution is 2.21. The van der Waals surface area contributed by atoms with E-state index in [-0.39, 0.29) is 17.9 Å². The van der Waals surface area contributed by atoms with E-state index >= 15 is 0 Å². The standard InChI is InChI=1S/C13H25N3O2/c1-2-4-11(14)13(18)16-8-3-5-10(9-16)6-7-12(15)17/h10-11H,2-9,14H2,1H3,(H2,15,17). The van der Waals surface area contributed by atoms with Crippen molar-refractivity contribution in [2.75, 3.05) is 13.1 Å². The van der Waals surface area contributed by atoms with E-state index < -0.39 is 0 Å². The van der Waals surface area contributed by atoms with Crippen LogP contribution in [0.2, 0.25) is 0 Å². The van der Waals surface area contributed by atoms with Gasteiger partial charge in [-0.3, -0.25) is 9.59 Å². The molecule has 0 aromatic heterocycles. The van der Waals surface area contributed by atoms with E-state index in [4.69, 9.17) is 11.5 Å². The van der Waals surface area contributed by atoms with Crippen molar-refractivity contribution in [1.82, 2.24) is 4.90 Å². The molecule has 1 fully saturated rings. The lowest BCUT2D eigenvalue weighted by Crippen LogP contribution is -2.48. The maximum atomic E-state index is 12.1. The van der Waals surface area contributed by atoms with E-state index in [2.05, 4.69) is 0 Å². The van der Waals surface area contributed by atoms with Gasteiger partial charge in [0.15, 0.2) is 0 Å². The van der Waals surface area contributed by atoms with Crippen LogP contribution in [0.25, 0.3) is 0 Å². The number of carbonyl (C=O) groups is 2. The van der Waals surface area contributed by atoms with Crippen LogP contribution in [0.1, 0.15) is 45.4 Å². The maximum absolute atomic E-state index is 12.1. The van der Waals surface area contributed by atoms with E-state index in [0.29, 0.717) is 12.3 Å². The van der Waals surface area contributed by atoms with Crippen molar-refractivity contribution in [1.29, 1.82) is 0 Å². The molecule has 5 nitrogen and oxygen atoms in total. The molecule has 1 rings (SSSR count). The molecule has 0 radical (unpaired) electrons. The average Bonchev–Trinajstić information content (AvgIpc) is 2.36. The summed E-state index contributed by atoms with van der Waals surface area (Å²) in [7, 11) is 0. The van der Waals surface area contributed by atoms with Crippen LogP contribution < -0.4 is 11.5 Å². The fourth-order valence-corrected chi connectivity index (χ4v) is 2.52. The molecule has 1 heterocycles. The summed E-state index contributed by atoms with van der Waals surface area (Å²) in [6, 6.07) is -0.370. The Labute approximate surface area is 109 Å². The molecule has 4 N–H and O–H groups in total. The largest absolute Gasteiger partial charge is 0.370 e. The second kappa shape index (κ2) is 7.36. The number of hydrogen-bond donors (Lipinski definition) is 2. The van der Waals surface area contributed by atoms with Gasteiger partial charge in [0.05, 0.1) is 6.04 Å². The molecule has 2 atom stereocenters. The lowest BCUT2D eigenvalue weighted by Gasteiger charge is -2.34. The summed E-state index contributed by atoms with van der Waals surface area (Å²) < 4.78 is 0. The quantitative estimate of drug-likeness (QED) is 0.729. The van der Waals surface area contributed by atoms with Gasteiger partial charge in [-0.05, 0) is 31.6 Å². The zero-order chi connectivity index (χ0) is 13.5. The lowest BCUT2D eigenvalue weighted by molar-refractivity contribution is -0.134. The number of primary amides is 1. The SMILES string of the molecule is CCCC(N)C(=O)N1CCCC(CCC(N)=O)C1. The molecule has 5 heteroatoms. The second-order valence-electron chi connectivity index (χ2n) is 5.19. The summed E-state index contributed by atoms with van der Waals surface area (Å²) >= 11 is 0. The molecule has 0 saturated carbocycles. The van der Waals surface area contributed by atoms with Gasteiger partial charge in [0, 0.05) is 19.5 Å². The number of likely N-dealkylation sites (tertiary alicyclic amines) is 1. The predicted molar refractivity (Wildman–Crippen MR) is 70.6 cm³/mol. The molecule has 0 aliphatic carbocycles. The van der Waals surface area contributed by atoms with Crippen molar-refractivity contribution >= 4 is 11.8 Å². The number of hydrogen-bond acceptors (Lipinski definition) is 3. The Morgan fingerprint density at radius 3 is 2.78 bits per heavy atom. The van der Waals surface area contributed by atoms with Crippen molar-refractivity contribution in [3.05, 3.63) is 0 Å². The van der Waals surface area contributed by atoms with Crippen LogP contribution in [0.15, 0.2) is 0 Å². The van der Waals surface area contributed by atoms with Gasteiger partial charge in [-0.2, -0.15) is 0 Å². The topological polar surface area (TPSA) is 89.4 Å². The molecule has 0 aromatic carbocycles. The summed E-state index contributed by atoms with van der Waals surface area (Å²) in [6.45, 7) is 3.55. The lowest BCUT2D eigenvalue weighted by atomic mass is 9.92. The van der Waals surface area contributed by atoms with Gasteiger partial charge < -0.3 is 16.4 Å². The number of amides is 2. The summed E-state index contributed by atoms with van der Waals surface area (Å²) in [5.74, 6) is 0.186. The van der Waals surface area contributed by atoms with E-state index in [1.807, 2.05) is 11.8 Å². The molecule has 1 aliphatic heterocycles. The van der Waals surface area contributed by atoms with Gasteiger partial charge in [-0.1, -0.05) is 13.3 Å². The summed E-state index contributed by atoms with van der Waals surface area (Å²) in [5.41, 5.74) is 11.0. The Bertz CT molecular complexity index is 294. The van der Waals surface area contributed by atoms with E-state index in [9.17, 15) is 9.59 Å². The molecule has 0 aromatic rings. The molecule has 2 amide bonds. The monoisotopic (exact) mass is 255 g/mol. The third-order valence-electron chi connectivity index (χ3n) is 3.55. The molecule has 0 spiro atoms. The summed E-state index contributed by atoms with van der Waals surface area (Å²) in [4.78, 5) is 24.7. The number of nitrogens with zero attached hydrogens (tertiary/aromatic N) is 1. The Balaban J connectivity index is 2.42. The van der Waals surface area contributed by atoms with Crippen LogP contribution in [0.3, 0.4) is 0 Å². The minimum absolute atomic E-state index is 0.0561. The van der Waals surface area contributed by atoms with Crippen molar-refractivity contribution in [3.63, 3.8) is 0 Å². The van der Waals surface area contributed by atoms with E-state index in [0.717, 1.165) is 45.2 Å². The van der Waals surface area contributed by atoms with Crippen molar-refractivity contribution in [3.8, 4) is 0 Å². The summed E-state index contributed by atoms with van der Waals surface area (Å²) in [5, 5.41) is 0. The van der Waals surface area contributed by atoms with Gasteiger partial charge in [0.1, 0.15) is 0 Å². The number of nitrogens with two attached hydrogens (primary N) is 2. The normalized spacial score (nSPS) is 21.7. The molecule has 0 bridgehead atoms. The Kier molecular flexibility index (Phi) is 6.12. The van der Waals surface area contributed by atoms with Crippen LogP contribution >= 0.6 is 0 Å². The van der Waals surface area contributed by atoms with Gasteiger partial charge in [0.25, 0.3) is 0 Å². The van der Waals surface area contributed by atoms with Crippen LogP contribution in [0.4, 0.5) is 0 Å². The van der Waals surface area contributed by atoms with Crippen molar-refractivity contribution in [2.45, 2.75) is 51.5 Å². The zero-order valence-electron chi connectivity index (χ0n) is 11.2. The first kappa shape index (κ1) is 15.0. The van der Waals surface area contributed by atoms with Crippen LogP contribution in [0, 0.1) is 5.92 Å². The van der Waals surface area contributed by atoms with Crippen molar-refractivity contribution < 1.29 is 9.59 Å². The molecule has 18 heavy (non-hydrogen) atoms. The van der Waals surface area contributed by atoms with Crippen LogP contribution in [0.5, 0.6) is 0 Å². The van der Waals surface area contributed by atoms with Gasteiger partial charge >= 0.3 is 0 Å². The molecule has 1 saturated heterocycles. The first-order valence-electron chi connectivity index (χ1n) is 6.87. The van der Waals surface area contributed by atoms with Crippen molar-refractivity contribution in [2.24, 2.45) is 17.4 Å². The highest BCUT2D eigenvalue weighted by atomic mass is 16.2. The van der Waals surface area contributed by atoms with E-state index in [1.165, 1.54) is 0 Å². The average molecular weight is 255 g/mol. The number of piperidine rings is 1. The molecule has 2 unspecified atom stereocenters. The number of carbonyl (C=O) groups excluding carboxylic acids is 2. The minimum Gasteiger partial charge on any atom is -0.370 e. The van der Waals surface area contributed by atoms with E-state index in [1.54, 1.807) is 0 Å². The first-order chi connectivity index (χ1) is 8.54. The molecular formula is C13H25N3O2. The second-order valence-corrected chi connectivity index (χ2v) is 5.19. The molecule has 104 valence electrons. The fourth-order valence-electron chi connectivity index (χ4n) is 2.52. The zero-order valence-corrected chi connectivity index (χ0v) is 11.2. The smallest absolute Gasteiger partial charge is 0.239 e. The van der Waals surface area contributed by atoms with Crippen LogP contribution in [-0.4, -0.2) is 35.8 Å². The molecule has 1 aliphatic rings. The van der Waals surface area contributed by atoms with Gasteiger partial charge in [-0.15, -0.1) is 0 Å². The van der Waals surface area contributed by atoms with Gasteiger partial charge in [-0.25, -0.2) is 0 Å². The minimum atomic E-state index is -0.370. The predicted octanol–water partition coefficient (Wildman–Crippen LogP) is 0.618. The Morgan fingerprint density at radius 1 is 1.44 bits per heavy atom. The number of rotatable bonds is 6. The van der Waals surface area contributed by atoms with Crippen LogP contribution in [-0.2, 0) is 9.59 Å². The summed E-state index contributed by atoms with van der Waals surface area (Å²) in [6.07, 6.45) is 4.91. The third kappa shape index (κ3) is 4.64. The third-order valence-corrected chi connectivity index (χ3v) is 3.55. The maximum Gasteiger partial charge on any atom is 0.239 e.